The summed E-state index contributed by atoms with van der Waals surface area (Å²) in [5.41, 5.74) is 3.05. The molecule has 0 bridgehead atoms. The average molecular weight is 551 g/mol. The van der Waals surface area contributed by atoms with Crippen LogP contribution in [0.4, 0.5) is 20.2 Å². The molecule has 6 nitrogen and oxygen atoms in total. The van der Waals surface area contributed by atoms with Gasteiger partial charge in [-0.1, -0.05) is 85.3 Å². The van der Waals surface area contributed by atoms with Crippen LogP contribution in [0.5, 0.6) is 0 Å². The normalized spacial score (nSPS) is 10.4. The van der Waals surface area contributed by atoms with Crippen LogP contribution in [-0.2, 0) is 6.42 Å². The van der Waals surface area contributed by atoms with Crippen LogP contribution in [0.1, 0.15) is 84.2 Å². The van der Waals surface area contributed by atoms with Gasteiger partial charge in [-0.2, -0.15) is 0 Å². The second-order valence-electron chi connectivity index (χ2n) is 6.76. The predicted molar refractivity (Wildman–Crippen MR) is 161 cm³/mol. The minimum absolute atomic E-state index is 0.256. The summed E-state index contributed by atoms with van der Waals surface area (Å²) in [5.74, 6) is -2.17. The van der Waals surface area contributed by atoms with Gasteiger partial charge < -0.3 is 15.7 Å². The Kier molecular flexibility index (Phi) is 28.4. The van der Waals surface area contributed by atoms with E-state index in [4.69, 9.17) is 5.11 Å². The topological polar surface area (TPSA) is 92.4 Å². The maximum Gasteiger partial charge on any atom is 0.277 e. The molecule has 1 aliphatic carbocycles. The first kappa shape index (κ1) is 40.1. The second-order valence-corrected chi connectivity index (χ2v) is 6.76. The Balaban J connectivity index is -0.00000116. The first-order chi connectivity index (χ1) is 19.1. The number of aliphatic hydroxyl groups is 1. The Bertz CT molecular complexity index is 978. The molecule has 1 amide bonds. The Morgan fingerprint density at radius 2 is 1.56 bits per heavy atom. The van der Waals surface area contributed by atoms with Crippen molar-refractivity contribution in [2.45, 2.75) is 74.7 Å². The van der Waals surface area contributed by atoms with Crippen molar-refractivity contribution in [1.82, 2.24) is 5.32 Å². The molecule has 0 aromatic heterocycles. The molecule has 0 aliphatic heterocycles. The van der Waals surface area contributed by atoms with E-state index in [0.29, 0.717) is 29.8 Å². The lowest BCUT2D eigenvalue weighted by Gasteiger charge is -2.11. The van der Waals surface area contributed by atoms with Crippen molar-refractivity contribution >= 4 is 17.3 Å². The number of carbonyl (C=O) groups excluding carboxylic acids is 1. The summed E-state index contributed by atoms with van der Waals surface area (Å²) >= 11 is 0. The van der Waals surface area contributed by atoms with Crippen molar-refractivity contribution in [3.63, 3.8) is 0 Å². The maximum atomic E-state index is 13.2. The molecule has 0 unspecified atom stereocenters. The van der Waals surface area contributed by atoms with Gasteiger partial charge in [-0.3, -0.25) is 4.79 Å². The zero-order valence-corrected chi connectivity index (χ0v) is 25.3. The molecule has 4 N–H and O–H groups in total. The van der Waals surface area contributed by atoms with Crippen molar-refractivity contribution in [1.29, 1.82) is 0 Å². The number of aliphatic hydroxyl groups excluding tert-OH is 1. The minimum atomic E-state index is -0.914. The Morgan fingerprint density at radius 3 is 2.10 bits per heavy atom. The fourth-order valence-electron chi connectivity index (χ4n) is 3.05. The maximum absolute atomic E-state index is 13.2. The summed E-state index contributed by atoms with van der Waals surface area (Å²) in [6.45, 7) is 16.9. The number of allylic oxidation sites excluding steroid dienone is 3. The van der Waals surface area contributed by atoms with Crippen molar-refractivity contribution in [3.05, 3.63) is 87.9 Å². The van der Waals surface area contributed by atoms with Crippen molar-refractivity contribution < 1.29 is 23.9 Å². The number of nitroso groups, excluding NO2 is 1. The largest absolute Gasteiger partial charge is 0.400 e. The van der Waals surface area contributed by atoms with Crippen LogP contribution < -0.4 is 15.8 Å². The third-order valence-electron chi connectivity index (χ3n) is 4.68. The van der Waals surface area contributed by atoms with E-state index in [-0.39, 0.29) is 18.1 Å². The average Bonchev–Trinajstić information content (AvgIpc) is 3.03. The number of hydrogen-bond acceptors (Lipinski definition) is 4. The second kappa shape index (κ2) is 27.6. The van der Waals surface area contributed by atoms with Crippen LogP contribution in [0.2, 0.25) is 0 Å². The SMILES string of the molecule is CC.CC.CC.CC.CO.O=[NH+]c1cc(C(=O)NCCc2ccc(F)c(F)c2)ccc1NCC1=CC=CCC1. The Hall–Kier alpha value is -3.39. The Labute approximate surface area is 234 Å². The summed E-state index contributed by atoms with van der Waals surface area (Å²) in [4.78, 5) is 23.7. The van der Waals surface area contributed by atoms with Gasteiger partial charge in [0.15, 0.2) is 11.6 Å². The predicted octanol–water partition coefficient (Wildman–Crippen LogP) is 6.82. The van der Waals surface area contributed by atoms with E-state index < -0.39 is 11.6 Å². The number of carbonyl (C=O) groups is 1. The van der Waals surface area contributed by atoms with E-state index in [1.165, 1.54) is 17.7 Å². The van der Waals surface area contributed by atoms with Crippen molar-refractivity contribution in [3.8, 4) is 0 Å². The van der Waals surface area contributed by atoms with Crippen LogP contribution in [-0.4, -0.2) is 31.2 Å². The van der Waals surface area contributed by atoms with Gasteiger partial charge in [-0.15, -0.1) is 0 Å². The molecular weight excluding hydrogens is 500 g/mol. The molecule has 2 aromatic carbocycles. The molecular formula is C31H50F2N3O3+. The van der Waals surface area contributed by atoms with Gasteiger partial charge in [0.05, 0.1) is 0 Å². The van der Waals surface area contributed by atoms with Crippen LogP contribution in [0.3, 0.4) is 0 Å². The molecule has 3 rings (SSSR count). The lowest BCUT2D eigenvalue weighted by atomic mass is 10.1. The summed E-state index contributed by atoms with van der Waals surface area (Å²) in [6.07, 6.45) is 8.51. The van der Waals surface area contributed by atoms with Crippen molar-refractivity contribution in [2.24, 2.45) is 0 Å². The third-order valence-corrected chi connectivity index (χ3v) is 4.68. The van der Waals surface area contributed by atoms with Crippen LogP contribution >= 0.6 is 0 Å². The summed E-state index contributed by atoms with van der Waals surface area (Å²) in [6, 6.07) is 8.44. The number of nitrogens with one attached hydrogen (secondary N) is 3. The zero-order valence-electron chi connectivity index (χ0n) is 25.3. The van der Waals surface area contributed by atoms with E-state index in [0.717, 1.165) is 32.1 Å². The number of halogens is 2. The highest BCUT2D eigenvalue weighted by Crippen LogP contribution is 2.20. The van der Waals surface area contributed by atoms with Gasteiger partial charge in [0, 0.05) is 41.9 Å². The number of amides is 1. The molecule has 2 aromatic rings. The molecule has 8 heteroatoms. The number of benzene rings is 2. The number of anilines is 1. The van der Waals surface area contributed by atoms with E-state index >= 15 is 0 Å². The van der Waals surface area contributed by atoms with Gasteiger partial charge in [-0.25, -0.2) is 8.78 Å². The summed E-state index contributed by atoms with van der Waals surface area (Å²) < 4.78 is 26.2. The molecule has 0 fully saturated rings. The number of rotatable bonds is 8. The zero-order chi connectivity index (χ0) is 30.6. The van der Waals surface area contributed by atoms with Gasteiger partial charge in [0.1, 0.15) is 5.69 Å². The summed E-state index contributed by atoms with van der Waals surface area (Å²) in [5, 5.41) is 14.8. The van der Waals surface area contributed by atoms with Gasteiger partial charge in [-0.05, 0) is 49.1 Å². The van der Waals surface area contributed by atoms with E-state index in [1.54, 1.807) is 12.1 Å². The van der Waals surface area contributed by atoms with Crippen molar-refractivity contribution in [2.75, 3.05) is 25.5 Å². The monoisotopic (exact) mass is 550 g/mol. The van der Waals surface area contributed by atoms with E-state index in [9.17, 15) is 18.5 Å². The molecule has 0 atom stereocenters. The molecule has 0 spiro atoms. The van der Waals surface area contributed by atoms with Gasteiger partial charge in [0.25, 0.3) is 11.6 Å². The quantitative estimate of drug-likeness (QED) is 0.290. The minimum Gasteiger partial charge on any atom is -0.400 e. The fourth-order valence-corrected chi connectivity index (χ4v) is 3.05. The smallest absolute Gasteiger partial charge is 0.277 e. The summed E-state index contributed by atoms with van der Waals surface area (Å²) in [7, 11) is 1.00. The first-order valence-corrected chi connectivity index (χ1v) is 13.8. The van der Waals surface area contributed by atoms with E-state index in [1.807, 2.05) is 66.6 Å². The van der Waals surface area contributed by atoms with Gasteiger partial charge >= 0.3 is 0 Å². The van der Waals surface area contributed by atoms with E-state index in [2.05, 4.69) is 22.8 Å². The third kappa shape index (κ3) is 16.2. The van der Waals surface area contributed by atoms with Gasteiger partial charge in [0.2, 0.25) is 0 Å². The lowest BCUT2D eigenvalue weighted by molar-refractivity contribution is -0.378. The molecule has 0 heterocycles. The number of hydrogen-bond donors (Lipinski definition) is 4. The standard InChI is InChI=1S/C22H21F2N3O2.4C2H6.CH4O/c23-18-8-6-15(12-19(18)24)10-11-25-22(28)17-7-9-20(21(13-17)27-29)26-14-16-4-2-1-3-5-16;5*1-2/h1-2,4,6-9,12-13,26H,3,5,10-11,14H2,(H,25,28);4*1-2H3;2H,1H3/p+1. The highest BCUT2D eigenvalue weighted by molar-refractivity contribution is 5.95. The molecule has 39 heavy (non-hydrogen) atoms. The molecule has 0 saturated carbocycles. The molecule has 0 radical (unpaired) electrons. The van der Waals surface area contributed by atoms with Crippen LogP contribution in [0.25, 0.3) is 0 Å². The van der Waals surface area contributed by atoms with Crippen LogP contribution in [0, 0.1) is 16.5 Å². The molecule has 1 aliphatic rings. The lowest BCUT2D eigenvalue weighted by Crippen LogP contribution is -2.56. The highest BCUT2D eigenvalue weighted by atomic mass is 19.2. The van der Waals surface area contributed by atoms with Crippen LogP contribution in [0.15, 0.2) is 60.2 Å². The molecule has 220 valence electrons. The first-order valence-electron chi connectivity index (χ1n) is 13.8. The Morgan fingerprint density at radius 1 is 0.923 bits per heavy atom. The molecule has 0 saturated heterocycles. The fraction of sp³-hybridized carbons (Fsp3) is 0.452. The highest BCUT2D eigenvalue weighted by Gasteiger charge is 2.14.